The second-order valence-corrected chi connectivity index (χ2v) is 5.63. The first-order valence-corrected chi connectivity index (χ1v) is 7.51. The summed E-state index contributed by atoms with van der Waals surface area (Å²) in [6.45, 7) is 3.86. The zero-order chi connectivity index (χ0) is 15.4. The van der Waals surface area contributed by atoms with E-state index in [0.717, 1.165) is 0 Å². The lowest BCUT2D eigenvalue weighted by Crippen LogP contribution is -2.50. The Balaban J connectivity index is 2.01. The third-order valence-electron chi connectivity index (χ3n) is 3.31. The van der Waals surface area contributed by atoms with Crippen molar-refractivity contribution < 1.29 is 14.3 Å². The highest BCUT2D eigenvalue weighted by Gasteiger charge is 2.24. The lowest BCUT2D eigenvalue weighted by molar-refractivity contribution is -0.136. The van der Waals surface area contributed by atoms with Crippen molar-refractivity contribution in [1.29, 1.82) is 0 Å². The number of halogens is 1. The van der Waals surface area contributed by atoms with Crippen molar-refractivity contribution in [1.82, 2.24) is 10.2 Å². The summed E-state index contributed by atoms with van der Waals surface area (Å²) in [5.41, 5.74) is 6.64. The molecule has 1 saturated heterocycles. The van der Waals surface area contributed by atoms with Gasteiger partial charge < -0.3 is 20.7 Å². The summed E-state index contributed by atoms with van der Waals surface area (Å²) < 4.78 is 5.74. The molecule has 1 aromatic carbocycles. The van der Waals surface area contributed by atoms with Crippen molar-refractivity contribution in [3.05, 3.63) is 28.2 Å². The zero-order valence-electron chi connectivity index (χ0n) is 11.8. The lowest BCUT2D eigenvalue weighted by Gasteiger charge is -2.29. The standard InChI is InChI=1S/C14H18BrN3O3/c1-9(14(20)18-5-7-21-8-6-18)17-13(19)10-3-2-4-11(16)12(10)15/h2-4,9H,5-8,16H2,1H3,(H,17,19). The van der Waals surface area contributed by atoms with E-state index in [0.29, 0.717) is 42.0 Å². The molecule has 0 aliphatic carbocycles. The molecule has 1 unspecified atom stereocenters. The first-order chi connectivity index (χ1) is 10.0. The fourth-order valence-corrected chi connectivity index (χ4v) is 2.56. The summed E-state index contributed by atoms with van der Waals surface area (Å²) in [7, 11) is 0. The van der Waals surface area contributed by atoms with Gasteiger partial charge in [0.25, 0.3) is 5.91 Å². The van der Waals surface area contributed by atoms with Gasteiger partial charge in [0.2, 0.25) is 5.91 Å². The van der Waals surface area contributed by atoms with Gasteiger partial charge in [-0.2, -0.15) is 0 Å². The van der Waals surface area contributed by atoms with E-state index in [1.807, 2.05) is 0 Å². The van der Waals surface area contributed by atoms with Crippen molar-refractivity contribution in [2.45, 2.75) is 13.0 Å². The maximum atomic E-state index is 12.2. The predicted molar refractivity (Wildman–Crippen MR) is 82.9 cm³/mol. The Labute approximate surface area is 131 Å². The van der Waals surface area contributed by atoms with Gasteiger partial charge in [-0.1, -0.05) is 6.07 Å². The van der Waals surface area contributed by atoms with Gasteiger partial charge >= 0.3 is 0 Å². The highest BCUT2D eigenvalue weighted by atomic mass is 79.9. The van der Waals surface area contributed by atoms with E-state index >= 15 is 0 Å². The summed E-state index contributed by atoms with van der Waals surface area (Å²) in [4.78, 5) is 26.2. The van der Waals surface area contributed by atoms with Crippen LogP contribution in [0.4, 0.5) is 5.69 Å². The Bertz CT molecular complexity index is 544. The average molecular weight is 356 g/mol. The number of carbonyl (C=O) groups is 2. The van der Waals surface area contributed by atoms with Crippen LogP contribution < -0.4 is 11.1 Å². The monoisotopic (exact) mass is 355 g/mol. The average Bonchev–Trinajstić information content (AvgIpc) is 2.50. The molecule has 114 valence electrons. The molecule has 2 rings (SSSR count). The van der Waals surface area contributed by atoms with E-state index in [1.54, 1.807) is 30.0 Å². The van der Waals surface area contributed by atoms with Crippen molar-refractivity contribution in [2.75, 3.05) is 32.0 Å². The van der Waals surface area contributed by atoms with Crippen molar-refractivity contribution in [2.24, 2.45) is 0 Å². The highest BCUT2D eigenvalue weighted by Crippen LogP contribution is 2.23. The molecule has 1 aliphatic rings. The largest absolute Gasteiger partial charge is 0.398 e. The number of hydrogen-bond acceptors (Lipinski definition) is 4. The van der Waals surface area contributed by atoms with E-state index in [9.17, 15) is 9.59 Å². The molecule has 1 heterocycles. The number of rotatable bonds is 3. The van der Waals surface area contributed by atoms with E-state index in [1.165, 1.54) is 0 Å². The molecule has 7 heteroatoms. The highest BCUT2D eigenvalue weighted by molar-refractivity contribution is 9.10. The summed E-state index contributed by atoms with van der Waals surface area (Å²) in [5.74, 6) is -0.435. The van der Waals surface area contributed by atoms with Crippen LogP contribution in [0.15, 0.2) is 22.7 Å². The van der Waals surface area contributed by atoms with Gasteiger partial charge in [0, 0.05) is 18.8 Å². The fraction of sp³-hybridized carbons (Fsp3) is 0.429. The predicted octanol–water partition coefficient (Wildman–Crippen LogP) is 1.01. The number of ether oxygens (including phenoxy) is 1. The van der Waals surface area contributed by atoms with Crippen molar-refractivity contribution >= 4 is 33.4 Å². The van der Waals surface area contributed by atoms with Crippen LogP contribution in [0.2, 0.25) is 0 Å². The number of anilines is 1. The number of amides is 2. The van der Waals surface area contributed by atoms with Crippen LogP contribution in [-0.2, 0) is 9.53 Å². The fourth-order valence-electron chi connectivity index (χ4n) is 2.12. The Morgan fingerprint density at radius 1 is 1.38 bits per heavy atom. The summed E-state index contributed by atoms with van der Waals surface area (Å²) in [5, 5.41) is 2.70. The topological polar surface area (TPSA) is 84.7 Å². The molecule has 0 aromatic heterocycles. The number of carbonyl (C=O) groups excluding carboxylic acids is 2. The van der Waals surface area contributed by atoms with Gasteiger partial charge in [-0.15, -0.1) is 0 Å². The summed E-state index contributed by atoms with van der Waals surface area (Å²) in [6, 6.07) is 4.46. The molecule has 0 radical (unpaired) electrons. The number of benzene rings is 1. The Morgan fingerprint density at radius 3 is 2.71 bits per heavy atom. The van der Waals surface area contributed by atoms with Gasteiger partial charge in [-0.05, 0) is 35.0 Å². The Kier molecular flexibility index (Phi) is 5.19. The van der Waals surface area contributed by atoms with E-state index < -0.39 is 6.04 Å². The van der Waals surface area contributed by atoms with Gasteiger partial charge in [0.1, 0.15) is 6.04 Å². The Hall–Kier alpha value is -1.60. The van der Waals surface area contributed by atoms with E-state index in [2.05, 4.69) is 21.2 Å². The molecular formula is C14H18BrN3O3. The van der Waals surface area contributed by atoms with E-state index in [-0.39, 0.29) is 11.8 Å². The number of nitrogens with one attached hydrogen (secondary N) is 1. The van der Waals surface area contributed by atoms with Gasteiger partial charge in [-0.25, -0.2) is 0 Å². The smallest absolute Gasteiger partial charge is 0.253 e. The van der Waals surface area contributed by atoms with Crippen LogP contribution >= 0.6 is 15.9 Å². The molecule has 21 heavy (non-hydrogen) atoms. The quantitative estimate of drug-likeness (QED) is 0.792. The third kappa shape index (κ3) is 3.74. The molecule has 1 aromatic rings. The number of morpholine rings is 1. The minimum absolute atomic E-state index is 0.105. The van der Waals surface area contributed by atoms with Crippen LogP contribution in [0.5, 0.6) is 0 Å². The molecule has 0 spiro atoms. The second kappa shape index (κ2) is 6.91. The van der Waals surface area contributed by atoms with Gasteiger partial charge in [0.15, 0.2) is 0 Å². The number of hydrogen-bond donors (Lipinski definition) is 2. The van der Waals surface area contributed by atoms with Gasteiger partial charge in [-0.3, -0.25) is 9.59 Å². The maximum absolute atomic E-state index is 12.2. The lowest BCUT2D eigenvalue weighted by atomic mass is 10.1. The van der Waals surface area contributed by atoms with Crippen LogP contribution in [0.3, 0.4) is 0 Å². The SMILES string of the molecule is CC(NC(=O)c1cccc(N)c1Br)C(=O)N1CCOCC1. The van der Waals surface area contributed by atoms with Crippen LogP contribution in [0.25, 0.3) is 0 Å². The molecule has 2 amide bonds. The molecule has 1 fully saturated rings. The molecule has 1 atom stereocenters. The van der Waals surface area contributed by atoms with E-state index in [4.69, 9.17) is 10.5 Å². The first kappa shape index (κ1) is 15.8. The molecule has 1 aliphatic heterocycles. The minimum atomic E-state index is -0.594. The molecular weight excluding hydrogens is 338 g/mol. The Morgan fingerprint density at radius 2 is 2.05 bits per heavy atom. The summed E-state index contributed by atoms with van der Waals surface area (Å²) >= 11 is 3.29. The van der Waals surface area contributed by atoms with Crippen molar-refractivity contribution in [3.63, 3.8) is 0 Å². The number of nitrogen functional groups attached to an aromatic ring is 1. The molecule has 0 saturated carbocycles. The number of nitrogens with zero attached hydrogens (tertiary/aromatic N) is 1. The van der Waals surface area contributed by atoms with Gasteiger partial charge in [0.05, 0.1) is 23.2 Å². The third-order valence-corrected chi connectivity index (χ3v) is 4.20. The van der Waals surface area contributed by atoms with Crippen LogP contribution in [0, 0.1) is 0 Å². The van der Waals surface area contributed by atoms with Crippen LogP contribution in [-0.4, -0.2) is 49.1 Å². The zero-order valence-corrected chi connectivity index (χ0v) is 13.4. The summed E-state index contributed by atoms with van der Waals surface area (Å²) in [6.07, 6.45) is 0. The molecule has 0 bridgehead atoms. The van der Waals surface area contributed by atoms with Crippen LogP contribution in [0.1, 0.15) is 17.3 Å². The molecule has 6 nitrogen and oxygen atoms in total. The van der Waals surface area contributed by atoms with Crippen molar-refractivity contribution in [3.8, 4) is 0 Å². The second-order valence-electron chi connectivity index (χ2n) is 4.84. The minimum Gasteiger partial charge on any atom is -0.398 e. The first-order valence-electron chi connectivity index (χ1n) is 6.72. The normalized spacial score (nSPS) is 16.4. The molecule has 3 N–H and O–H groups in total. The number of nitrogens with two attached hydrogens (primary N) is 1. The maximum Gasteiger partial charge on any atom is 0.253 e.